The fourth-order valence-corrected chi connectivity index (χ4v) is 4.38. The van der Waals surface area contributed by atoms with E-state index < -0.39 is 23.6 Å². The number of aryl methyl sites for hydroxylation is 1. The van der Waals surface area contributed by atoms with Crippen molar-refractivity contribution in [3.63, 3.8) is 0 Å². The minimum absolute atomic E-state index is 0.0234. The Morgan fingerprint density at radius 2 is 2.00 bits per heavy atom. The summed E-state index contributed by atoms with van der Waals surface area (Å²) in [6, 6.07) is 7.66. The predicted molar refractivity (Wildman–Crippen MR) is 133 cm³/mol. The number of carbonyl (C=O) groups excluding carboxylic acids is 3. The molecule has 2 amide bonds. The van der Waals surface area contributed by atoms with Crippen LogP contribution in [0.2, 0.25) is 0 Å². The highest BCUT2D eigenvalue weighted by atomic mass is 19.1. The third kappa shape index (κ3) is 5.87. The lowest BCUT2D eigenvalue weighted by atomic mass is 10.0. The molecule has 0 radical (unpaired) electrons. The first-order valence-corrected chi connectivity index (χ1v) is 12.5. The van der Waals surface area contributed by atoms with Crippen molar-refractivity contribution in [2.45, 2.75) is 44.6 Å². The van der Waals surface area contributed by atoms with Gasteiger partial charge in [-0.15, -0.1) is 5.10 Å². The Labute approximate surface area is 217 Å². The van der Waals surface area contributed by atoms with Crippen molar-refractivity contribution in [2.24, 2.45) is 5.92 Å². The van der Waals surface area contributed by atoms with Crippen molar-refractivity contribution in [1.29, 1.82) is 0 Å². The number of nitrogens with one attached hydrogen (secondary N) is 2. The van der Waals surface area contributed by atoms with Gasteiger partial charge in [-0.2, -0.15) is 0 Å². The molecule has 1 atom stereocenters. The first-order chi connectivity index (χ1) is 18.3. The number of hydrogen-bond donors (Lipinski definition) is 2. The van der Waals surface area contributed by atoms with Gasteiger partial charge in [0.25, 0.3) is 11.8 Å². The topological polar surface area (TPSA) is 117 Å². The summed E-state index contributed by atoms with van der Waals surface area (Å²) in [6.45, 7) is -0.0980. The second-order valence-corrected chi connectivity index (χ2v) is 9.74. The predicted octanol–water partition coefficient (Wildman–Crippen LogP) is 3.13. The van der Waals surface area contributed by atoms with Crippen LogP contribution in [0.3, 0.4) is 0 Å². The van der Waals surface area contributed by atoms with Gasteiger partial charge in [-0.1, -0.05) is 12.1 Å². The van der Waals surface area contributed by atoms with Crippen molar-refractivity contribution < 1.29 is 27.9 Å². The highest BCUT2D eigenvalue weighted by Crippen LogP contribution is 2.34. The summed E-state index contributed by atoms with van der Waals surface area (Å²) in [5, 5.41) is 9.03. The van der Waals surface area contributed by atoms with E-state index in [1.54, 1.807) is 13.1 Å². The fraction of sp³-hybridized carbons (Fsp3) is 0.370. The largest absolute Gasteiger partial charge is 0.489 e. The number of anilines is 1. The Morgan fingerprint density at radius 1 is 1.18 bits per heavy atom. The molecular weight excluding hydrogens is 496 g/mol. The Balaban J connectivity index is 1.21. The van der Waals surface area contributed by atoms with Crippen LogP contribution in [0.15, 0.2) is 36.4 Å². The molecule has 2 aliphatic rings. The molecule has 0 spiro atoms. The summed E-state index contributed by atoms with van der Waals surface area (Å²) < 4.78 is 32.9. The normalized spacial score (nSPS) is 17.0. The van der Waals surface area contributed by atoms with Crippen LogP contribution in [0.1, 0.15) is 53.3 Å². The molecule has 5 rings (SSSR count). The van der Waals surface area contributed by atoms with Crippen molar-refractivity contribution in [3.8, 4) is 5.75 Å². The number of nitrogens with zero attached hydrogens (tertiary/aromatic N) is 3. The molecule has 1 aliphatic carbocycles. The number of benzene rings is 2. The summed E-state index contributed by atoms with van der Waals surface area (Å²) in [4.78, 5) is 43.6. The SMILES string of the molecule is CN1C(=O)[C@H](NC(=O)c2n[nH]c(Cc3ccc(F)cc3F)n2)COc2ccc(CCC(=O)CC3CC3)cc21. The van der Waals surface area contributed by atoms with E-state index in [0.717, 1.165) is 30.5 Å². The van der Waals surface area contributed by atoms with Crippen LogP contribution in [0.5, 0.6) is 5.75 Å². The number of H-pyrrole nitrogens is 1. The summed E-state index contributed by atoms with van der Waals surface area (Å²) >= 11 is 0. The lowest BCUT2D eigenvalue weighted by Crippen LogP contribution is -2.49. The van der Waals surface area contributed by atoms with Crippen molar-refractivity contribution >= 4 is 23.3 Å². The van der Waals surface area contributed by atoms with Gasteiger partial charge in [0, 0.05) is 32.4 Å². The third-order valence-electron chi connectivity index (χ3n) is 6.74. The molecule has 1 aromatic heterocycles. The molecule has 0 bridgehead atoms. The van der Waals surface area contributed by atoms with Crippen LogP contribution in [-0.2, 0) is 22.4 Å². The van der Waals surface area contributed by atoms with E-state index >= 15 is 0 Å². The van der Waals surface area contributed by atoms with E-state index in [9.17, 15) is 23.2 Å². The monoisotopic (exact) mass is 523 g/mol. The average Bonchev–Trinajstić information content (AvgIpc) is 3.60. The van der Waals surface area contributed by atoms with Crippen molar-refractivity contribution in [1.82, 2.24) is 20.5 Å². The molecule has 11 heteroatoms. The Kier molecular flexibility index (Phi) is 7.17. The molecular formula is C27H27F2N5O4. The Bertz CT molecular complexity index is 1390. The van der Waals surface area contributed by atoms with Crippen LogP contribution >= 0.6 is 0 Å². The number of carbonyl (C=O) groups is 3. The van der Waals surface area contributed by atoms with E-state index in [1.807, 2.05) is 12.1 Å². The number of amides is 2. The minimum Gasteiger partial charge on any atom is -0.489 e. The lowest BCUT2D eigenvalue weighted by molar-refractivity contribution is -0.120. The summed E-state index contributed by atoms with van der Waals surface area (Å²) in [6.07, 6.45) is 3.93. The zero-order valence-electron chi connectivity index (χ0n) is 20.8. The zero-order chi connectivity index (χ0) is 26.8. The number of rotatable bonds is 9. The van der Waals surface area contributed by atoms with Gasteiger partial charge in [-0.3, -0.25) is 19.5 Å². The Morgan fingerprint density at radius 3 is 2.76 bits per heavy atom. The van der Waals surface area contributed by atoms with E-state index in [2.05, 4.69) is 20.5 Å². The zero-order valence-corrected chi connectivity index (χ0v) is 20.8. The van der Waals surface area contributed by atoms with E-state index in [4.69, 9.17) is 4.74 Å². The number of likely N-dealkylation sites (N-methyl/N-ethyl adjacent to an activating group) is 1. The first-order valence-electron chi connectivity index (χ1n) is 12.5. The lowest BCUT2D eigenvalue weighted by Gasteiger charge is -2.20. The molecule has 1 aliphatic heterocycles. The van der Waals surface area contributed by atoms with Crippen LogP contribution in [0.4, 0.5) is 14.5 Å². The van der Waals surface area contributed by atoms with Gasteiger partial charge in [0.1, 0.15) is 41.6 Å². The summed E-state index contributed by atoms with van der Waals surface area (Å²) in [7, 11) is 1.60. The van der Waals surface area contributed by atoms with Gasteiger partial charge < -0.3 is 15.0 Å². The molecule has 9 nitrogen and oxygen atoms in total. The quantitative estimate of drug-likeness (QED) is 0.445. The third-order valence-corrected chi connectivity index (χ3v) is 6.74. The molecule has 38 heavy (non-hydrogen) atoms. The minimum atomic E-state index is -1.00. The van der Waals surface area contributed by atoms with Gasteiger partial charge in [-0.25, -0.2) is 13.8 Å². The molecule has 198 valence electrons. The number of fused-ring (bicyclic) bond motifs is 1. The maximum atomic E-state index is 13.9. The van der Waals surface area contributed by atoms with Crippen LogP contribution in [0, 0.1) is 17.6 Å². The smallest absolute Gasteiger partial charge is 0.291 e. The number of aromatic nitrogens is 3. The highest BCUT2D eigenvalue weighted by molar-refractivity contribution is 6.02. The second kappa shape index (κ2) is 10.7. The standard InChI is InChI=1S/C27H27F2N5O4/c1-34-22-11-16(4-8-19(35)10-15-2-3-15)5-9-23(22)38-14-21(27(34)37)30-26(36)25-31-24(32-33-25)12-17-6-7-18(28)13-20(17)29/h5-7,9,11,13,15,21H,2-4,8,10,12,14H2,1H3,(H,30,36)(H,31,32,33)/t21-/m1/s1. The molecule has 1 fully saturated rings. The van der Waals surface area contributed by atoms with Gasteiger partial charge >= 0.3 is 0 Å². The molecule has 0 saturated heterocycles. The van der Waals surface area contributed by atoms with Crippen LogP contribution < -0.4 is 15.0 Å². The van der Waals surface area contributed by atoms with Gasteiger partial charge in [0.15, 0.2) is 0 Å². The molecule has 2 aromatic carbocycles. The van der Waals surface area contributed by atoms with E-state index in [-0.39, 0.29) is 41.9 Å². The maximum absolute atomic E-state index is 13.9. The van der Waals surface area contributed by atoms with Crippen LogP contribution in [0.25, 0.3) is 0 Å². The second-order valence-electron chi connectivity index (χ2n) is 9.74. The molecule has 0 unspecified atom stereocenters. The summed E-state index contributed by atoms with van der Waals surface area (Å²) in [5.41, 5.74) is 1.66. The van der Waals surface area contributed by atoms with Gasteiger partial charge in [0.2, 0.25) is 5.82 Å². The fourth-order valence-electron chi connectivity index (χ4n) is 4.38. The molecule has 2 N–H and O–H groups in total. The molecule has 2 heterocycles. The number of Topliss-reactive ketones (excluding diaryl/α,β-unsaturated/α-hetero) is 1. The average molecular weight is 524 g/mol. The molecule has 1 saturated carbocycles. The summed E-state index contributed by atoms with van der Waals surface area (Å²) in [5.74, 6) is -1.23. The van der Waals surface area contributed by atoms with E-state index in [1.165, 1.54) is 11.0 Å². The van der Waals surface area contributed by atoms with Gasteiger partial charge in [-0.05, 0) is 54.5 Å². The Hall–Kier alpha value is -4.15. The highest BCUT2D eigenvalue weighted by Gasteiger charge is 2.32. The van der Waals surface area contributed by atoms with Crippen molar-refractivity contribution in [3.05, 3.63) is 70.8 Å². The number of aromatic amines is 1. The van der Waals surface area contributed by atoms with Gasteiger partial charge in [0.05, 0.1) is 5.69 Å². The number of ether oxygens (including phenoxy) is 1. The first kappa shape index (κ1) is 25.5. The number of halogens is 2. The van der Waals surface area contributed by atoms with Crippen LogP contribution in [-0.4, -0.2) is 52.5 Å². The van der Waals surface area contributed by atoms with E-state index in [0.29, 0.717) is 36.6 Å². The number of ketones is 1. The maximum Gasteiger partial charge on any atom is 0.291 e. The number of hydrogen-bond acceptors (Lipinski definition) is 6. The molecule has 3 aromatic rings. The van der Waals surface area contributed by atoms with Crippen molar-refractivity contribution in [2.75, 3.05) is 18.6 Å².